The summed E-state index contributed by atoms with van der Waals surface area (Å²) in [5.41, 5.74) is 0.877. The molecule has 1 aromatic carbocycles. The molecular formula is C19H24N4O3S. The molecule has 2 aromatic rings. The number of benzene rings is 1. The molecule has 1 fully saturated rings. The third-order valence-electron chi connectivity index (χ3n) is 4.43. The Kier molecular flexibility index (Phi) is 6.05. The van der Waals surface area contributed by atoms with Crippen molar-refractivity contribution in [3.05, 3.63) is 24.3 Å². The van der Waals surface area contributed by atoms with Crippen LogP contribution in [0.2, 0.25) is 0 Å². The van der Waals surface area contributed by atoms with Crippen molar-refractivity contribution >= 4 is 28.3 Å². The SMILES string of the molecule is COc1cccc(-c2nnc(NC(=O)C3CCCN3C(=O)CC(C)C)s2)c1. The molecule has 1 aliphatic heterocycles. The average molecular weight is 388 g/mol. The highest BCUT2D eigenvalue weighted by Gasteiger charge is 2.34. The zero-order valence-corrected chi connectivity index (χ0v) is 16.6. The van der Waals surface area contributed by atoms with Gasteiger partial charge in [-0.1, -0.05) is 37.3 Å². The van der Waals surface area contributed by atoms with Crippen LogP contribution >= 0.6 is 11.3 Å². The Hall–Kier alpha value is -2.48. The summed E-state index contributed by atoms with van der Waals surface area (Å²) in [5.74, 6) is 0.851. The van der Waals surface area contributed by atoms with Gasteiger partial charge in [-0.05, 0) is 30.9 Å². The van der Waals surface area contributed by atoms with E-state index in [2.05, 4.69) is 15.5 Å². The van der Waals surface area contributed by atoms with Crippen molar-refractivity contribution in [2.24, 2.45) is 5.92 Å². The molecule has 0 spiro atoms. The van der Waals surface area contributed by atoms with E-state index in [1.54, 1.807) is 12.0 Å². The van der Waals surface area contributed by atoms with Crippen molar-refractivity contribution in [3.8, 4) is 16.3 Å². The highest BCUT2D eigenvalue weighted by Crippen LogP contribution is 2.29. The van der Waals surface area contributed by atoms with E-state index in [0.717, 1.165) is 17.7 Å². The first-order valence-corrected chi connectivity index (χ1v) is 9.88. The Morgan fingerprint density at radius 1 is 1.37 bits per heavy atom. The van der Waals surface area contributed by atoms with Crippen molar-refractivity contribution in [1.29, 1.82) is 0 Å². The van der Waals surface area contributed by atoms with E-state index in [9.17, 15) is 9.59 Å². The van der Waals surface area contributed by atoms with Gasteiger partial charge in [-0.2, -0.15) is 0 Å². The van der Waals surface area contributed by atoms with Gasteiger partial charge in [-0.15, -0.1) is 10.2 Å². The van der Waals surface area contributed by atoms with Gasteiger partial charge in [0.2, 0.25) is 16.9 Å². The zero-order chi connectivity index (χ0) is 19.4. The normalized spacial score (nSPS) is 16.6. The number of methoxy groups -OCH3 is 1. The summed E-state index contributed by atoms with van der Waals surface area (Å²) in [6.07, 6.45) is 1.98. The number of rotatable bonds is 6. The number of likely N-dealkylation sites (tertiary alicyclic amines) is 1. The predicted molar refractivity (Wildman–Crippen MR) is 105 cm³/mol. The van der Waals surface area contributed by atoms with Crippen LogP contribution in [0.25, 0.3) is 10.6 Å². The molecule has 1 saturated heterocycles. The quantitative estimate of drug-likeness (QED) is 0.821. The van der Waals surface area contributed by atoms with Crippen LogP contribution in [0.15, 0.2) is 24.3 Å². The number of nitrogens with zero attached hydrogens (tertiary/aromatic N) is 3. The fourth-order valence-electron chi connectivity index (χ4n) is 3.14. The first-order chi connectivity index (χ1) is 13.0. The van der Waals surface area contributed by atoms with Gasteiger partial charge >= 0.3 is 0 Å². The average Bonchev–Trinajstić information content (AvgIpc) is 3.30. The molecule has 144 valence electrons. The largest absolute Gasteiger partial charge is 0.497 e. The molecule has 2 heterocycles. The zero-order valence-electron chi connectivity index (χ0n) is 15.8. The van der Waals surface area contributed by atoms with E-state index >= 15 is 0 Å². The molecule has 0 bridgehead atoms. The predicted octanol–water partition coefficient (Wildman–Crippen LogP) is 3.19. The lowest BCUT2D eigenvalue weighted by Gasteiger charge is -2.24. The number of nitrogens with one attached hydrogen (secondary N) is 1. The van der Waals surface area contributed by atoms with Gasteiger partial charge in [0.05, 0.1) is 7.11 Å². The van der Waals surface area contributed by atoms with Crippen LogP contribution in [0.3, 0.4) is 0 Å². The minimum absolute atomic E-state index is 0.0389. The Labute approximate surface area is 162 Å². The fourth-order valence-corrected chi connectivity index (χ4v) is 3.88. The Bertz CT molecular complexity index is 821. The van der Waals surface area contributed by atoms with Crippen LogP contribution in [-0.4, -0.2) is 46.6 Å². The minimum Gasteiger partial charge on any atom is -0.497 e. The van der Waals surface area contributed by atoms with Crippen LogP contribution in [0.1, 0.15) is 33.1 Å². The molecule has 8 heteroatoms. The maximum atomic E-state index is 12.7. The molecule has 2 amide bonds. The summed E-state index contributed by atoms with van der Waals surface area (Å²) in [6.45, 7) is 4.64. The van der Waals surface area contributed by atoms with Crippen LogP contribution in [0, 0.1) is 5.92 Å². The van der Waals surface area contributed by atoms with Gasteiger partial charge in [0.1, 0.15) is 16.8 Å². The lowest BCUT2D eigenvalue weighted by molar-refractivity contribution is -0.137. The molecule has 27 heavy (non-hydrogen) atoms. The van der Waals surface area contributed by atoms with Crippen molar-refractivity contribution in [2.75, 3.05) is 19.0 Å². The fraction of sp³-hybridized carbons (Fsp3) is 0.474. The van der Waals surface area contributed by atoms with Crippen LogP contribution < -0.4 is 10.1 Å². The van der Waals surface area contributed by atoms with E-state index in [1.165, 1.54) is 11.3 Å². The van der Waals surface area contributed by atoms with Gasteiger partial charge in [0.25, 0.3) is 0 Å². The summed E-state index contributed by atoms with van der Waals surface area (Å²) in [5, 5.41) is 12.2. The third-order valence-corrected chi connectivity index (χ3v) is 5.32. The maximum Gasteiger partial charge on any atom is 0.249 e. The van der Waals surface area contributed by atoms with E-state index in [-0.39, 0.29) is 17.7 Å². The number of ether oxygens (including phenoxy) is 1. The van der Waals surface area contributed by atoms with Gasteiger partial charge in [0.15, 0.2) is 0 Å². The first kappa shape index (κ1) is 19.3. The van der Waals surface area contributed by atoms with Crippen molar-refractivity contribution in [1.82, 2.24) is 15.1 Å². The lowest BCUT2D eigenvalue weighted by atomic mass is 10.1. The molecule has 1 N–H and O–H groups in total. The number of carbonyl (C=O) groups excluding carboxylic acids is 2. The maximum absolute atomic E-state index is 12.7. The summed E-state index contributed by atoms with van der Waals surface area (Å²) in [6, 6.07) is 7.09. The molecule has 0 radical (unpaired) electrons. The second-order valence-corrected chi connectivity index (χ2v) is 7.95. The molecular weight excluding hydrogens is 364 g/mol. The molecule has 1 atom stereocenters. The van der Waals surface area contributed by atoms with Crippen LogP contribution in [0.4, 0.5) is 5.13 Å². The molecule has 1 unspecified atom stereocenters. The Morgan fingerprint density at radius 2 is 2.19 bits per heavy atom. The molecule has 0 saturated carbocycles. The molecule has 0 aliphatic carbocycles. The summed E-state index contributed by atoms with van der Waals surface area (Å²) < 4.78 is 5.23. The van der Waals surface area contributed by atoms with Crippen molar-refractivity contribution < 1.29 is 14.3 Å². The van der Waals surface area contributed by atoms with E-state index in [4.69, 9.17) is 4.74 Å². The number of amides is 2. The highest BCUT2D eigenvalue weighted by molar-refractivity contribution is 7.18. The second kappa shape index (κ2) is 8.47. The van der Waals surface area contributed by atoms with E-state index in [1.807, 2.05) is 38.1 Å². The number of aromatic nitrogens is 2. The topological polar surface area (TPSA) is 84.4 Å². The van der Waals surface area contributed by atoms with Crippen molar-refractivity contribution in [2.45, 2.75) is 39.2 Å². The highest BCUT2D eigenvalue weighted by atomic mass is 32.1. The first-order valence-electron chi connectivity index (χ1n) is 9.06. The van der Waals surface area contributed by atoms with E-state index < -0.39 is 6.04 Å². The van der Waals surface area contributed by atoms with Crippen LogP contribution in [-0.2, 0) is 9.59 Å². The monoisotopic (exact) mass is 388 g/mol. The second-order valence-electron chi connectivity index (χ2n) is 6.98. The van der Waals surface area contributed by atoms with Crippen LogP contribution in [0.5, 0.6) is 5.75 Å². The molecule has 1 aliphatic rings. The Balaban J connectivity index is 1.67. The third kappa shape index (κ3) is 4.63. The summed E-state index contributed by atoms with van der Waals surface area (Å²) >= 11 is 1.30. The standard InChI is InChI=1S/C19H24N4O3S/c1-12(2)10-16(24)23-9-5-8-15(23)17(25)20-19-22-21-18(27-19)13-6-4-7-14(11-13)26-3/h4,6-7,11-12,15H,5,8-10H2,1-3H3,(H,20,22,25). The summed E-state index contributed by atoms with van der Waals surface area (Å²) in [4.78, 5) is 26.8. The molecule has 1 aromatic heterocycles. The minimum atomic E-state index is -0.430. The van der Waals surface area contributed by atoms with Gasteiger partial charge in [-0.3, -0.25) is 14.9 Å². The number of hydrogen-bond donors (Lipinski definition) is 1. The van der Waals surface area contributed by atoms with Gasteiger partial charge in [-0.25, -0.2) is 0 Å². The molecule has 7 nitrogen and oxygen atoms in total. The van der Waals surface area contributed by atoms with E-state index in [0.29, 0.717) is 29.5 Å². The molecule has 3 rings (SSSR count). The number of hydrogen-bond acceptors (Lipinski definition) is 6. The van der Waals surface area contributed by atoms with Gasteiger partial charge < -0.3 is 9.64 Å². The number of carbonyl (C=O) groups is 2. The lowest BCUT2D eigenvalue weighted by Crippen LogP contribution is -2.43. The smallest absolute Gasteiger partial charge is 0.249 e. The number of anilines is 1. The van der Waals surface area contributed by atoms with Gasteiger partial charge in [0, 0.05) is 18.5 Å². The summed E-state index contributed by atoms with van der Waals surface area (Å²) in [7, 11) is 1.61. The Morgan fingerprint density at radius 3 is 2.93 bits per heavy atom. The van der Waals surface area contributed by atoms with Crippen molar-refractivity contribution in [3.63, 3.8) is 0 Å².